The zero-order valence-electron chi connectivity index (χ0n) is 17.2. The summed E-state index contributed by atoms with van der Waals surface area (Å²) < 4.78 is 28.1. The molecule has 30 heavy (non-hydrogen) atoms. The number of nitrogens with one attached hydrogen (secondary N) is 1. The number of amides is 2. The van der Waals surface area contributed by atoms with E-state index in [0.29, 0.717) is 31.7 Å². The second-order valence-electron chi connectivity index (χ2n) is 8.29. The lowest BCUT2D eigenvalue weighted by molar-refractivity contribution is 0.116. The van der Waals surface area contributed by atoms with Crippen molar-refractivity contribution in [2.45, 2.75) is 44.2 Å². The molecular formula is C24H29F2N3O. The van der Waals surface area contributed by atoms with Gasteiger partial charge >= 0.3 is 6.03 Å². The van der Waals surface area contributed by atoms with Crippen LogP contribution in [0.5, 0.6) is 0 Å². The molecule has 1 aliphatic heterocycles. The minimum Gasteiger partial charge on any atom is -0.335 e. The number of urea groups is 1. The fraction of sp³-hybridized carbons (Fsp3) is 0.458. The summed E-state index contributed by atoms with van der Waals surface area (Å²) in [5.74, 6) is -1.12. The molecule has 2 aliphatic rings. The Kier molecular flexibility index (Phi) is 6.62. The molecule has 2 aromatic carbocycles. The molecule has 1 aliphatic carbocycles. The van der Waals surface area contributed by atoms with E-state index in [2.05, 4.69) is 10.2 Å². The Bertz CT molecular complexity index is 847. The van der Waals surface area contributed by atoms with E-state index in [1.165, 1.54) is 31.4 Å². The average Bonchev–Trinajstić information content (AvgIpc) is 2.77. The molecule has 1 atom stereocenters. The Morgan fingerprint density at radius 3 is 2.30 bits per heavy atom. The maximum Gasteiger partial charge on any atom is 0.317 e. The van der Waals surface area contributed by atoms with E-state index < -0.39 is 11.6 Å². The molecule has 4 rings (SSSR count). The first-order valence-corrected chi connectivity index (χ1v) is 10.9. The van der Waals surface area contributed by atoms with Crippen molar-refractivity contribution in [3.63, 3.8) is 0 Å². The highest BCUT2D eigenvalue weighted by Gasteiger charge is 2.30. The van der Waals surface area contributed by atoms with E-state index >= 15 is 0 Å². The van der Waals surface area contributed by atoms with E-state index in [1.807, 2.05) is 35.2 Å². The molecule has 160 valence electrons. The van der Waals surface area contributed by atoms with Crippen LogP contribution < -0.4 is 5.32 Å². The van der Waals surface area contributed by atoms with Crippen LogP contribution in [0.25, 0.3) is 0 Å². The Morgan fingerprint density at radius 1 is 0.933 bits per heavy atom. The van der Waals surface area contributed by atoms with Crippen LogP contribution in [0.15, 0.2) is 48.5 Å². The van der Waals surface area contributed by atoms with Crippen LogP contribution in [0.1, 0.15) is 49.3 Å². The predicted octanol–water partition coefficient (Wildman–Crippen LogP) is 4.71. The first kappa shape index (κ1) is 20.8. The van der Waals surface area contributed by atoms with Crippen LogP contribution in [-0.4, -0.2) is 48.1 Å². The van der Waals surface area contributed by atoms with Gasteiger partial charge in [0.1, 0.15) is 11.6 Å². The highest BCUT2D eigenvalue weighted by atomic mass is 19.1. The maximum atomic E-state index is 14.7. The van der Waals surface area contributed by atoms with Gasteiger partial charge in [-0.3, -0.25) is 4.90 Å². The molecular weight excluding hydrogens is 384 g/mol. The summed E-state index contributed by atoms with van der Waals surface area (Å²) in [6.07, 6.45) is 5.74. The monoisotopic (exact) mass is 413 g/mol. The van der Waals surface area contributed by atoms with Gasteiger partial charge in [-0.25, -0.2) is 13.6 Å². The van der Waals surface area contributed by atoms with E-state index in [1.54, 1.807) is 0 Å². The van der Waals surface area contributed by atoms with Crippen molar-refractivity contribution >= 4 is 6.03 Å². The van der Waals surface area contributed by atoms with Crippen LogP contribution in [-0.2, 0) is 0 Å². The second-order valence-corrected chi connectivity index (χ2v) is 8.29. The van der Waals surface area contributed by atoms with Crippen molar-refractivity contribution in [2.75, 3.05) is 26.2 Å². The third-order valence-electron chi connectivity index (χ3n) is 6.27. The van der Waals surface area contributed by atoms with Gasteiger partial charge in [0, 0.05) is 43.9 Å². The number of nitrogens with zero attached hydrogens (tertiary/aromatic N) is 2. The molecule has 2 aromatic rings. The van der Waals surface area contributed by atoms with Crippen molar-refractivity contribution in [1.82, 2.24) is 15.1 Å². The second kappa shape index (κ2) is 9.56. The number of rotatable bonds is 4. The van der Waals surface area contributed by atoms with Crippen LogP contribution in [0.4, 0.5) is 13.6 Å². The fourth-order valence-corrected chi connectivity index (χ4v) is 4.64. The molecule has 1 saturated carbocycles. The summed E-state index contributed by atoms with van der Waals surface area (Å²) in [5.41, 5.74) is 1.42. The Balaban J connectivity index is 1.46. The van der Waals surface area contributed by atoms with Crippen LogP contribution in [0.2, 0.25) is 0 Å². The normalized spacial score (nSPS) is 19.5. The third kappa shape index (κ3) is 4.81. The van der Waals surface area contributed by atoms with E-state index in [9.17, 15) is 13.6 Å². The summed E-state index contributed by atoms with van der Waals surface area (Å²) in [7, 11) is 0. The SMILES string of the molecule is O=C(NC1CCCCC1)N1CCN(C(c2ccccc2)c2ccc(F)cc2F)CC1. The quantitative estimate of drug-likeness (QED) is 0.788. The maximum absolute atomic E-state index is 14.7. The Labute approximate surface area is 176 Å². The van der Waals surface area contributed by atoms with E-state index in [-0.39, 0.29) is 18.1 Å². The predicted molar refractivity (Wildman–Crippen MR) is 113 cm³/mol. The van der Waals surface area contributed by atoms with Crippen molar-refractivity contribution in [3.8, 4) is 0 Å². The molecule has 0 radical (unpaired) electrons. The van der Waals surface area contributed by atoms with Gasteiger partial charge in [-0.2, -0.15) is 0 Å². The number of halogens is 2. The highest BCUT2D eigenvalue weighted by Crippen LogP contribution is 2.31. The van der Waals surface area contributed by atoms with Gasteiger partial charge in [0.15, 0.2) is 0 Å². The van der Waals surface area contributed by atoms with Gasteiger partial charge in [-0.15, -0.1) is 0 Å². The number of carbonyl (C=O) groups excluding carboxylic acids is 1. The number of hydrogen-bond acceptors (Lipinski definition) is 2. The molecule has 1 heterocycles. The van der Waals surface area contributed by atoms with Crippen molar-refractivity contribution < 1.29 is 13.6 Å². The minimum absolute atomic E-state index is 0.00535. The zero-order chi connectivity index (χ0) is 20.9. The van der Waals surface area contributed by atoms with Gasteiger partial charge in [-0.05, 0) is 24.5 Å². The topological polar surface area (TPSA) is 35.6 Å². The Hall–Kier alpha value is -2.47. The summed E-state index contributed by atoms with van der Waals surface area (Å²) in [6, 6.07) is 13.5. The summed E-state index contributed by atoms with van der Waals surface area (Å²) in [4.78, 5) is 16.7. The number of hydrogen-bond donors (Lipinski definition) is 1. The first-order valence-electron chi connectivity index (χ1n) is 10.9. The average molecular weight is 414 g/mol. The van der Waals surface area contributed by atoms with Crippen LogP contribution in [0, 0.1) is 11.6 Å². The largest absolute Gasteiger partial charge is 0.335 e. The molecule has 2 amide bonds. The van der Waals surface area contributed by atoms with Gasteiger partial charge in [0.05, 0.1) is 6.04 Å². The lowest BCUT2D eigenvalue weighted by atomic mass is 9.95. The molecule has 1 unspecified atom stereocenters. The minimum atomic E-state index is -0.577. The van der Waals surface area contributed by atoms with Gasteiger partial charge in [-0.1, -0.05) is 55.7 Å². The lowest BCUT2D eigenvalue weighted by Gasteiger charge is -2.40. The van der Waals surface area contributed by atoms with Crippen LogP contribution >= 0.6 is 0 Å². The van der Waals surface area contributed by atoms with E-state index in [4.69, 9.17) is 0 Å². The summed E-state index contributed by atoms with van der Waals surface area (Å²) in [6.45, 7) is 2.44. The molecule has 1 saturated heterocycles. The highest BCUT2D eigenvalue weighted by molar-refractivity contribution is 5.74. The van der Waals surface area contributed by atoms with Gasteiger partial charge in [0.25, 0.3) is 0 Å². The summed E-state index contributed by atoms with van der Waals surface area (Å²) >= 11 is 0. The van der Waals surface area contributed by atoms with Crippen molar-refractivity contribution in [3.05, 3.63) is 71.3 Å². The van der Waals surface area contributed by atoms with Crippen LogP contribution in [0.3, 0.4) is 0 Å². The number of piperazine rings is 1. The fourth-order valence-electron chi connectivity index (χ4n) is 4.64. The molecule has 0 spiro atoms. The van der Waals surface area contributed by atoms with Gasteiger partial charge in [0.2, 0.25) is 0 Å². The molecule has 0 aromatic heterocycles. The summed E-state index contributed by atoms with van der Waals surface area (Å²) in [5, 5.41) is 3.18. The molecule has 4 nitrogen and oxygen atoms in total. The molecule has 1 N–H and O–H groups in total. The third-order valence-corrected chi connectivity index (χ3v) is 6.27. The molecule has 2 fully saturated rings. The van der Waals surface area contributed by atoms with Crippen molar-refractivity contribution in [2.24, 2.45) is 0 Å². The number of carbonyl (C=O) groups is 1. The van der Waals surface area contributed by atoms with E-state index in [0.717, 1.165) is 24.5 Å². The van der Waals surface area contributed by atoms with Gasteiger partial charge < -0.3 is 10.2 Å². The smallest absolute Gasteiger partial charge is 0.317 e. The Morgan fingerprint density at radius 2 is 1.63 bits per heavy atom. The lowest BCUT2D eigenvalue weighted by Crippen LogP contribution is -2.54. The zero-order valence-corrected chi connectivity index (χ0v) is 17.2. The first-order chi connectivity index (χ1) is 14.6. The standard InChI is InChI=1S/C24H29F2N3O/c25-19-11-12-21(22(26)17-19)23(18-7-3-1-4-8-18)28-13-15-29(16-14-28)24(30)27-20-9-5-2-6-10-20/h1,3-4,7-8,11-12,17,20,23H,2,5-6,9-10,13-16H2,(H,27,30). The van der Waals surface area contributed by atoms with Crippen molar-refractivity contribution in [1.29, 1.82) is 0 Å². The number of benzene rings is 2. The molecule has 6 heteroatoms. The molecule has 0 bridgehead atoms.